The molecule has 1 heterocycles. The van der Waals surface area contributed by atoms with E-state index < -0.39 is 0 Å². The number of rotatable bonds is 10. The molecular weight excluding hydrogens is 286 g/mol. The summed E-state index contributed by atoms with van der Waals surface area (Å²) in [5.41, 5.74) is 0. The standard InChI is InChI=1S/C12H19NO2S3/c14-5-2-6-16-8-4-13-12(15)10-17-9-11-3-1-7-18-11/h1,3,7,14H,2,4-6,8-10H2,(H,13,15). The highest BCUT2D eigenvalue weighted by Gasteiger charge is 2.01. The van der Waals surface area contributed by atoms with Gasteiger partial charge in [-0.05, 0) is 23.6 Å². The zero-order valence-corrected chi connectivity index (χ0v) is 12.7. The molecule has 102 valence electrons. The minimum atomic E-state index is 0.110. The van der Waals surface area contributed by atoms with Crippen LogP contribution in [0.4, 0.5) is 0 Å². The molecule has 0 fully saturated rings. The predicted octanol–water partition coefficient (Wildman–Crippen LogP) is 2.21. The lowest BCUT2D eigenvalue weighted by atomic mass is 10.5. The second kappa shape index (κ2) is 10.7. The molecule has 0 aliphatic rings. The largest absolute Gasteiger partial charge is 0.396 e. The third kappa shape index (κ3) is 8.02. The van der Waals surface area contributed by atoms with E-state index in [9.17, 15) is 4.79 Å². The lowest BCUT2D eigenvalue weighted by molar-refractivity contribution is -0.118. The highest BCUT2D eigenvalue weighted by Crippen LogP contribution is 2.16. The van der Waals surface area contributed by atoms with E-state index >= 15 is 0 Å². The number of thiophene rings is 1. The van der Waals surface area contributed by atoms with Crippen LogP contribution >= 0.6 is 34.9 Å². The van der Waals surface area contributed by atoms with Crippen LogP contribution in [0.2, 0.25) is 0 Å². The second-order valence-electron chi connectivity index (χ2n) is 3.61. The van der Waals surface area contributed by atoms with Crippen LogP contribution in [-0.2, 0) is 10.5 Å². The summed E-state index contributed by atoms with van der Waals surface area (Å²) in [5, 5.41) is 13.6. The summed E-state index contributed by atoms with van der Waals surface area (Å²) in [7, 11) is 0. The van der Waals surface area contributed by atoms with E-state index in [-0.39, 0.29) is 12.5 Å². The van der Waals surface area contributed by atoms with E-state index in [2.05, 4.69) is 16.8 Å². The molecule has 0 spiro atoms. The first-order valence-electron chi connectivity index (χ1n) is 5.88. The highest BCUT2D eigenvalue weighted by atomic mass is 32.2. The molecule has 2 N–H and O–H groups in total. The van der Waals surface area contributed by atoms with Gasteiger partial charge in [-0.1, -0.05) is 6.07 Å². The summed E-state index contributed by atoms with van der Waals surface area (Å²) in [6.07, 6.45) is 0.829. The Morgan fingerprint density at radius 1 is 1.39 bits per heavy atom. The molecule has 0 radical (unpaired) electrons. The summed E-state index contributed by atoms with van der Waals surface area (Å²) in [6.45, 7) is 0.965. The van der Waals surface area contributed by atoms with Crippen LogP contribution in [0.25, 0.3) is 0 Å². The minimum absolute atomic E-state index is 0.110. The number of hydrogen-bond acceptors (Lipinski definition) is 5. The molecule has 0 atom stereocenters. The molecule has 0 aromatic carbocycles. The lowest BCUT2D eigenvalue weighted by Crippen LogP contribution is -2.27. The Hall–Kier alpha value is -0.170. The number of nitrogens with one attached hydrogen (secondary N) is 1. The number of thioether (sulfide) groups is 2. The Labute approximate surface area is 121 Å². The lowest BCUT2D eigenvalue weighted by Gasteiger charge is -2.04. The van der Waals surface area contributed by atoms with E-state index in [1.807, 2.05) is 6.07 Å². The van der Waals surface area contributed by atoms with Crippen molar-refractivity contribution in [2.45, 2.75) is 12.2 Å². The zero-order valence-electron chi connectivity index (χ0n) is 10.3. The van der Waals surface area contributed by atoms with Gasteiger partial charge in [-0.25, -0.2) is 0 Å². The monoisotopic (exact) mass is 305 g/mol. The van der Waals surface area contributed by atoms with Crippen LogP contribution < -0.4 is 5.32 Å². The molecule has 0 bridgehead atoms. The summed E-state index contributed by atoms with van der Waals surface area (Å²) >= 11 is 5.14. The van der Waals surface area contributed by atoms with E-state index in [0.717, 1.165) is 23.7 Å². The molecule has 0 aliphatic heterocycles. The fraction of sp³-hybridized carbons (Fsp3) is 0.583. The average Bonchev–Trinajstić information content (AvgIpc) is 2.87. The number of carbonyl (C=O) groups is 1. The normalized spacial score (nSPS) is 10.5. The third-order valence-electron chi connectivity index (χ3n) is 2.07. The van der Waals surface area contributed by atoms with Crippen molar-refractivity contribution < 1.29 is 9.90 Å². The first kappa shape index (κ1) is 15.9. The maximum Gasteiger partial charge on any atom is 0.230 e. The van der Waals surface area contributed by atoms with Crippen LogP contribution in [0.15, 0.2) is 17.5 Å². The molecule has 0 unspecified atom stereocenters. The summed E-state index contributed by atoms with van der Waals surface area (Å²) in [6, 6.07) is 4.12. The van der Waals surface area contributed by atoms with Crippen LogP contribution in [-0.4, -0.2) is 41.4 Å². The van der Waals surface area contributed by atoms with Crippen LogP contribution in [0.3, 0.4) is 0 Å². The van der Waals surface area contributed by atoms with Gasteiger partial charge in [0.2, 0.25) is 5.91 Å². The molecule has 1 rings (SSSR count). The molecule has 0 saturated carbocycles. The van der Waals surface area contributed by atoms with Crippen molar-refractivity contribution in [3.8, 4) is 0 Å². The smallest absolute Gasteiger partial charge is 0.230 e. The first-order valence-corrected chi connectivity index (χ1v) is 9.07. The van der Waals surface area contributed by atoms with Gasteiger partial charge in [0, 0.05) is 29.5 Å². The molecule has 3 nitrogen and oxygen atoms in total. The molecule has 1 aromatic heterocycles. The Balaban J connectivity index is 1.91. The van der Waals surface area contributed by atoms with Gasteiger partial charge in [0.15, 0.2) is 0 Å². The molecular formula is C12H19NO2S3. The van der Waals surface area contributed by atoms with Gasteiger partial charge < -0.3 is 10.4 Å². The van der Waals surface area contributed by atoms with E-state index in [4.69, 9.17) is 5.11 Å². The van der Waals surface area contributed by atoms with Gasteiger partial charge in [-0.2, -0.15) is 11.8 Å². The number of aliphatic hydroxyl groups excluding tert-OH is 1. The average molecular weight is 305 g/mol. The molecule has 1 aromatic rings. The maximum absolute atomic E-state index is 11.5. The van der Waals surface area contributed by atoms with Gasteiger partial charge in [-0.3, -0.25) is 4.79 Å². The summed E-state index contributed by atoms with van der Waals surface area (Å²) < 4.78 is 0. The van der Waals surface area contributed by atoms with Crippen molar-refractivity contribution >= 4 is 40.8 Å². The predicted molar refractivity (Wildman–Crippen MR) is 82.5 cm³/mol. The maximum atomic E-state index is 11.5. The van der Waals surface area contributed by atoms with Crippen LogP contribution in [0.5, 0.6) is 0 Å². The SMILES string of the molecule is O=C(CSCc1cccs1)NCCSCCCO. The Morgan fingerprint density at radius 2 is 2.28 bits per heavy atom. The molecule has 6 heteroatoms. The zero-order chi connectivity index (χ0) is 13.1. The van der Waals surface area contributed by atoms with Gasteiger partial charge in [0.05, 0.1) is 5.75 Å². The van der Waals surface area contributed by atoms with Crippen LogP contribution in [0, 0.1) is 0 Å². The van der Waals surface area contributed by atoms with Crippen molar-refractivity contribution in [2.75, 3.05) is 30.4 Å². The molecule has 0 saturated heterocycles. The first-order chi connectivity index (χ1) is 8.83. The third-order valence-corrected chi connectivity index (χ3v) is 5.18. The summed E-state index contributed by atoms with van der Waals surface area (Å²) in [4.78, 5) is 12.8. The van der Waals surface area contributed by atoms with E-state index in [1.54, 1.807) is 34.9 Å². The van der Waals surface area contributed by atoms with Crippen molar-refractivity contribution in [3.05, 3.63) is 22.4 Å². The van der Waals surface area contributed by atoms with Crippen molar-refractivity contribution in [1.29, 1.82) is 0 Å². The Bertz CT molecular complexity index is 317. The fourth-order valence-corrected chi connectivity index (χ4v) is 3.70. The van der Waals surface area contributed by atoms with Gasteiger partial charge in [0.25, 0.3) is 0 Å². The number of aliphatic hydroxyl groups is 1. The fourth-order valence-electron chi connectivity index (χ4n) is 1.22. The van der Waals surface area contributed by atoms with E-state index in [1.165, 1.54) is 4.88 Å². The quantitative estimate of drug-likeness (QED) is 0.651. The van der Waals surface area contributed by atoms with E-state index in [0.29, 0.717) is 12.3 Å². The number of hydrogen-bond donors (Lipinski definition) is 2. The van der Waals surface area contributed by atoms with Gasteiger partial charge in [0.1, 0.15) is 0 Å². The van der Waals surface area contributed by atoms with Crippen LogP contribution in [0.1, 0.15) is 11.3 Å². The minimum Gasteiger partial charge on any atom is -0.396 e. The van der Waals surface area contributed by atoms with Gasteiger partial charge in [-0.15, -0.1) is 23.1 Å². The molecule has 0 aliphatic carbocycles. The number of amides is 1. The van der Waals surface area contributed by atoms with Crippen molar-refractivity contribution in [3.63, 3.8) is 0 Å². The summed E-state index contributed by atoms with van der Waals surface area (Å²) in [5.74, 6) is 3.43. The molecule has 18 heavy (non-hydrogen) atoms. The Kier molecular flexibility index (Phi) is 9.47. The second-order valence-corrected chi connectivity index (χ2v) is 6.85. The van der Waals surface area contributed by atoms with Crippen molar-refractivity contribution in [1.82, 2.24) is 5.32 Å². The topological polar surface area (TPSA) is 49.3 Å². The Morgan fingerprint density at radius 3 is 3.00 bits per heavy atom. The molecule has 1 amide bonds. The highest BCUT2D eigenvalue weighted by molar-refractivity contribution is 7.99. The van der Waals surface area contributed by atoms with Gasteiger partial charge >= 0.3 is 0 Å². The number of carbonyl (C=O) groups excluding carboxylic acids is 1. The van der Waals surface area contributed by atoms with Crippen molar-refractivity contribution in [2.24, 2.45) is 0 Å².